The van der Waals surface area contributed by atoms with E-state index in [9.17, 15) is 10.1 Å². The van der Waals surface area contributed by atoms with Crippen molar-refractivity contribution in [2.24, 2.45) is 0 Å². The minimum Gasteiger partial charge on any atom is -0.461 e. The Morgan fingerprint density at radius 3 is 2.79 bits per heavy atom. The number of aromatic nitrogens is 3. The van der Waals surface area contributed by atoms with Gasteiger partial charge in [0.05, 0.1) is 17.7 Å². The van der Waals surface area contributed by atoms with Gasteiger partial charge in [0.25, 0.3) is 0 Å². The minimum absolute atomic E-state index is 0.105. The highest BCUT2D eigenvalue weighted by Crippen LogP contribution is 2.46. The van der Waals surface area contributed by atoms with Gasteiger partial charge in [-0.3, -0.25) is 9.36 Å². The first kappa shape index (κ1) is 19.4. The van der Waals surface area contributed by atoms with Crippen LogP contribution in [0.15, 0.2) is 67.7 Å². The molecule has 0 unspecified atom stereocenters. The molecule has 7 nitrogen and oxygen atoms in total. The maximum atomic E-state index is 12.8. The lowest BCUT2D eigenvalue weighted by Gasteiger charge is -2.14. The summed E-state index contributed by atoms with van der Waals surface area (Å²) in [6.45, 7) is 2.62. The summed E-state index contributed by atoms with van der Waals surface area (Å²) in [5.74, 6) is 1.12. The summed E-state index contributed by atoms with van der Waals surface area (Å²) in [5, 5.41) is 19.3. The Bertz CT molecular complexity index is 1130. The molecule has 2 aromatic heterocycles. The first-order chi connectivity index (χ1) is 14.1. The van der Waals surface area contributed by atoms with Gasteiger partial charge < -0.3 is 9.32 Å². The number of para-hydroxylation sites is 1. The number of rotatable bonds is 6. The van der Waals surface area contributed by atoms with Crippen LogP contribution < -0.4 is 4.90 Å². The number of ketones is 1. The Morgan fingerprint density at radius 1 is 1.28 bits per heavy atom. The average Bonchev–Trinajstić information content (AvgIpc) is 3.46. The Labute approximate surface area is 176 Å². The van der Waals surface area contributed by atoms with Crippen molar-refractivity contribution < 1.29 is 9.21 Å². The number of benzene rings is 1. The topological polar surface area (TPSA) is 88.0 Å². The predicted octanol–water partition coefficient (Wildman–Crippen LogP) is 4.20. The molecule has 0 saturated carbocycles. The van der Waals surface area contributed by atoms with E-state index in [1.807, 2.05) is 53.8 Å². The number of carbonyl (C=O) groups is 1. The second kappa shape index (κ2) is 8.19. The Kier molecular flexibility index (Phi) is 5.47. The number of fused-ring (bicyclic) bond motifs is 1. The first-order valence-corrected chi connectivity index (χ1v) is 10.7. The maximum absolute atomic E-state index is 12.8. The summed E-state index contributed by atoms with van der Waals surface area (Å²) in [7, 11) is 1.87. The van der Waals surface area contributed by atoms with Crippen LogP contribution >= 0.6 is 23.5 Å². The van der Waals surface area contributed by atoms with Gasteiger partial charge in [0.1, 0.15) is 16.7 Å². The Hall–Kier alpha value is -2.96. The van der Waals surface area contributed by atoms with Gasteiger partial charge in [-0.1, -0.05) is 35.7 Å². The zero-order chi connectivity index (χ0) is 20.4. The van der Waals surface area contributed by atoms with Crippen LogP contribution in [0.3, 0.4) is 0 Å². The van der Waals surface area contributed by atoms with Crippen LogP contribution in [0.1, 0.15) is 6.92 Å². The van der Waals surface area contributed by atoms with Gasteiger partial charge in [-0.25, -0.2) is 0 Å². The van der Waals surface area contributed by atoms with Crippen molar-refractivity contribution in [1.82, 2.24) is 14.8 Å². The number of carbonyl (C=O) groups excluding carboxylic acids is 1. The number of allylic oxidation sites excluding steroid dienone is 1. The molecule has 3 heterocycles. The number of furan rings is 1. The molecule has 146 valence electrons. The molecule has 0 spiro atoms. The molecule has 0 radical (unpaired) electrons. The lowest BCUT2D eigenvalue weighted by Crippen LogP contribution is -2.16. The van der Waals surface area contributed by atoms with Crippen LogP contribution in [0, 0.1) is 11.3 Å². The number of Topliss-reactive ketones (excluding diaryl/α,β-unsaturated/α-hetero) is 1. The molecule has 1 aliphatic rings. The zero-order valence-electron chi connectivity index (χ0n) is 15.8. The largest absolute Gasteiger partial charge is 0.461 e. The minimum atomic E-state index is -0.232. The number of nitrogens with zero attached hydrogens (tertiary/aromatic N) is 5. The molecule has 0 aliphatic carbocycles. The maximum Gasteiger partial charge on any atom is 0.200 e. The molecular weight excluding hydrogens is 406 g/mol. The summed E-state index contributed by atoms with van der Waals surface area (Å²) in [5.41, 5.74) is 1.16. The fourth-order valence-electron chi connectivity index (χ4n) is 3.02. The number of anilines is 1. The molecule has 9 heteroatoms. The standard InChI is InChI=1S/C20H17N5O2S2/c1-3-25-18(16-8-6-10-27-16)22-23-20(25)28-12-15(26)13(11-21)19-24(2)14-7-4-5-9-17(14)29-19/h4-10H,3,12H2,1-2H3. The predicted molar refractivity (Wildman–Crippen MR) is 112 cm³/mol. The van der Waals surface area contributed by atoms with Crippen LogP contribution in [-0.4, -0.2) is 33.3 Å². The van der Waals surface area contributed by atoms with Crippen molar-refractivity contribution >= 4 is 35.0 Å². The van der Waals surface area contributed by atoms with Crippen molar-refractivity contribution in [2.75, 3.05) is 17.7 Å². The second-order valence-corrected chi connectivity index (χ2v) is 8.13. The average molecular weight is 424 g/mol. The van der Waals surface area contributed by atoms with Crippen LogP contribution in [0.5, 0.6) is 0 Å². The van der Waals surface area contributed by atoms with E-state index in [4.69, 9.17) is 4.42 Å². The van der Waals surface area contributed by atoms with Gasteiger partial charge >= 0.3 is 0 Å². The third kappa shape index (κ3) is 3.57. The highest BCUT2D eigenvalue weighted by molar-refractivity contribution is 8.03. The highest BCUT2D eigenvalue weighted by atomic mass is 32.2. The van der Waals surface area contributed by atoms with E-state index in [0.717, 1.165) is 10.6 Å². The van der Waals surface area contributed by atoms with E-state index in [-0.39, 0.29) is 17.1 Å². The molecule has 0 N–H and O–H groups in total. The number of thioether (sulfide) groups is 2. The summed E-state index contributed by atoms with van der Waals surface area (Å²) < 4.78 is 7.30. The van der Waals surface area contributed by atoms with E-state index in [0.29, 0.717) is 28.3 Å². The van der Waals surface area contributed by atoms with Gasteiger partial charge in [-0.15, -0.1) is 10.2 Å². The molecule has 1 aromatic carbocycles. The van der Waals surface area contributed by atoms with Gasteiger partial charge in [0.2, 0.25) is 0 Å². The molecule has 29 heavy (non-hydrogen) atoms. The Balaban J connectivity index is 1.54. The molecular formula is C20H17N5O2S2. The molecule has 3 aromatic rings. The smallest absolute Gasteiger partial charge is 0.200 e. The van der Waals surface area contributed by atoms with Crippen molar-refractivity contribution in [3.05, 3.63) is 53.3 Å². The summed E-state index contributed by atoms with van der Waals surface area (Å²) in [6.07, 6.45) is 1.58. The summed E-state index contributed by atoms with van der Waals surface area (Å²) in [4.78, 5) is 15.8. The fourth-order valence-corrected chi connectivity index (χ4v) is 5.06. The number of hydrogen-bond acceptors (Lipinski definition) is 8. The fraction of sp³-hybridized carbons (Fsp3) is 0.200. The highest BCUT2D eigenvalue weighted by Gasteiger charge is 2.28. The Morgan fingerprint density at radius 2 is 2.10 bits per heavy atom. The third-order valence-electron chi connectivity index (χ3n) is 4.45. The van der Waals surface area contributed by atoms with Gasteiger partial charge in [-0.2, -0.15) is 5.26 Å². The lowest BCUT2D eigenvalue weighted by molar-refractivity contribution is -0.112. The van der Waals surface area contributed by atoms with Crippen LogP contribution in [0.25, 0.3) is 11.6 Å². The molecule has 4 rings (SSSR count). The SMILES string of the molecule is CCn1c(SCC(=O)C(C#N)=C2Sc3ccccc3N2C)nnc1-c1ccco1. The van der Waals surface area contributed by atoms with E-state index >= 15 is 0 Å². The van der Waals surface area contributed by atoms with Crippen molar-refractivity contribution in [1.29, 1.82) is 5.26 Å². The summed E-state index contributed by atoms with van der Waals surface area (Å²) in [6, 6.07) is 13.6. The number of nitriles is 1. The summed E-state index contributed by atoms with van der Waals surface area (Å²) >= 11 is 2.71. The molecule has 0 amide bonds. The first-order valence-electron chi connectivity index (χ1n) is 8.92. The van der Waals surface area contributed by atoms with Gasteiger partial charge in [0, 0.05) is 18.5 Å². The van der Waals surface area contributed by atoms with E-state index in [2.05, 4.69) is 16.3 Å². The molecule has 0 atom stereocenters. The van der Waals surface area contributed by atoms with Crippen molar-refractivity contribution in [3.8, 4) is 17.7 Å². The number of hydrogen-bond donors (Lipinski definition) is 0. The molecule has 0 fully saturated rings. The van der Waals surface area contributed by atoms with E-state index in [1.54, 1.807) is 12.3 Å². The molecule has 0 saturated heterocycles. The van der Waals surface area contributed by atoms with Crippen LogP contribution in [0.2, 0.25) is 0 Å². The third-order valence-corrected chi connectivity index (χ3v) is 6.65. The zero-order valence-corrected chi connectivity index (χ0v) is 17.5. The normalized spacial score (nSPS) is 14.6. The van der Waals surface area contributed by atoms with Gasteiger partial charge in [-0.05, 0) is 31.2 Å². The molecule has 1 aliphatic heterocycles. The lowest BCUT2D eigenvalue weighted by atomic mass is 10.2. The van der Waals surface area contributed by atoms with Crippen LogP contribution in [-0.2, 0) is 11.3 Å². The van der Waals surface area contributed by atoms with Crippen molar-refractivity contribution in [2.45, 2.75) is 23.5 Å². The quantitative estimate of drug-likeness (QED) is 0.331. The van der Waals surface area contributed by atoms with Gasteiger partial charge in [0.15, 0.2) is 22.5 Å². The van der Waals surface area contributed by atoms with E-state index in [1.165, 1.54) is 23.5 Å². The monoisotopic (exact) mass is 423 g/mol. The van der Waals surface area contributed by atoms with Crippen molar-refractivity contribution in [3.63, 3.8) is 0 Å². The second-order valence-electron chi connectivity index (χ2n) is 6.16. The molecule has 0 bridgehead atoms. The van der Waals surface area contributed by atoms with Crippen LogP contribution in [0.4, 0.5) is 5.69 Å². The van der Waals surface area contributed by atoms with E-state index < -0.39 is 0 Å².